The van der Waals surface area contributed by atoms with Crippen molar-refractivity contribution in [2.45, 2.75) is 18.6 Å². The number of hydrogen-bond donors (Lipinski definition) is 2. The molecule has 1 aliphatic rings. The fourth-order valence-corrected chi connectivity index (χ4v) is 2.15. The van der Waals surface area contributed by atoms with Crippen LogP contribution in [0.5, 0.6) is 0 Å². The number of carbonyl (C=O) groups is 1. The van der Waals surface area contributed by atoms with Crippen LogP contribution in [-0.4, -0.2) is 27.8 Å². The van der Waals surface area contributed by atoms with Crippen LogP contribution in [0.1, 0.15) is 12.5 Å². The molecule has 1 aromatic heterocycles. The molecule has 21 heavy (non-hydrogen) atoms. The van der Waals surface area contributed by atoms with Gasteiger partial charge in [-0.05, 0) is 30.7 Å². The molecule has 0 spiro atoms. The number of rotatable bonds is 2. The molecule has 1 aromatic rings. The zero-order valence-corrected chi connectivity index (χ0v) is 11.5. The summed E-state index contributed by atoms with van der Waals surface area (Å²) in [6.45, 7) is 1.55. The highest BCUT2D eigenvalue weighted by Crippen LogP contribution is 2.38. The second kappa shape index (κ2) is 5.07. The first-order valence-electron chi connectivity index (χ1n) is 5.78. The number of alkyl halides is 3. The smallest absolute Gasteiger partial charge is 0.426 e. The first-order chi connectivity index (χ1) is 9.69. The van der Waals surface area contributed by atoms with Crippen LogP contribution in [0, 0.1) is 0 Å². The molecule has 4 nitrogen and oxygen atoms in total. The van der Waals surface area contributed by atoms with E-state index in [-0.39, 0.29) is 16.4 Å². The van der Waals surface area contributed by atoms with E-state index in [1.807, 2.05) is 0 Å². The minimum Gasteiger partial charge on any atom is -0.479 e. The molecule has 0 fully saturated rings. The Kier molecular flexibility index (Phi) is 3.71. The topological polar surface area (TPSA) is 62.2 Å². The van der Waals surface area contributed by atoms with E-state index in [4.69, 9.17) is 16.7 Å². The van der Waals surface area contributed by atoms with Crippen molar-refractivity contribution in [2.24, 2.45) is 0 Å². The van der Waals surface area contributed by atoms with Gasteiger partial charge in [-0.1, -0.05) is 17.7 Å². The van der Waals surface area contributed by atoms with Gasteiger partial charge in [-0.2, -0.15) is 13.2 Å². The fourth-order valence-electron chi connectivity index (χ4n) is 1.93. The van der Waals surface area contributed by atoms with Crippen LogP contribution < -0.4 is 5.32 Å². The normalized spacial score (nSPS) is 22.1. The van der Waals surface area contributed by atoms with Crippen LogP contribution in [0.2, 0.25) is 5.15 Å². The third-order valence-electron chi connectivity index (χ3n) is 3.11. The van der Waals surface area contributed by atoms with E-state index < -0.39 is 17.7 Å². The summed E-state index contributed by atoms with van der Waals surface area (Å²) in [6.07, 6.45) is -1.94. The summed E-state index contributed by atoms with van der Waals surface area (Å²) in [5, 5.41) is 11.1. The van der Waals surface area contributed by atoms with Crippen LogP contribution in [0.4, 0.5) is 13.2 Å². The molecule has 0 aromatic carbocycles. The molecule has 112 valence electrons. The van der Waals surface area contributed by atoms with Crippen molar-refractivity contribution in [1.82, 2.24) is 10.3 Å². The number of nitrogens with one attached hydrogen (secondary N) is 1. The van der Waals surface area contributed by atoms with Gasteiger partial charge >= 0.3 is 12.1 Å². The number of pyridine rings is 1. The Bertz CT molecular complexity index is 655. The van der Waals surface area contributed by atoms with E-state index in [2.05, 4.69) is 10.3 Å². The summed E-state index contributed by atoms with van der Waals surface area (Å²) >= 11 is 5.87. The molecule has 0 bridgehead atoms. The molecule has 1 atom stereocenters. The van der Waals surface area contributed by atoms with E-state index in [1.54, 1.807) is 6.92 Å². The van der Waals surface area contributed by atoms with Gasteiger partial charge in [-0.25, -0.2) is 9.78 Å². The first-order valence-corrected chi connectivity index (χ1v) is 6.16. The maximum absolute atomic E-state index is 13.2. The molecular weight excluding hydrogens is 309 g/mol. The van der Waals surface area contributed by atoms with Gasteiger partial charge in [-0.15, -0.1) is 0 Å². The van der Waals surface area contributed by atoms with E-state index in [1.165, 1.54) is 18.3 Å². The lowest BCUT2D eigenvalue weighted by Gasteiger charge is -2.35. The molecule has 1 aliphatic heterocycles. The first kappa shape index (κ1) is 15.4. The average Bonchev–Trinajstić information content (AvgIpc) is 2.38. The van der Waals surface area contributed by atoms with Crippen LogP contribution in [0.25, 0.3) is 5.70 Å². The van der Waals surface area contributed by atoms with Gasteiger partial charge in [0.2, 0.25) is 0 Å². The van der Waals surface area contributed by atoms with Gasteiger partial charge in [0.25, 0.3) is 5.54 Å². The Morgan fingerprint density at radius 2 is 2.14 bits per heavy atom. The predicted octanol–water partition coefficient (Wildman–Crippen LogP) is 3.01. The SMILES string of the molecule is CC1=C(c2cccnc2Cl)NC(C(=O)O)(C(F)(F)F)C=C1. The molecule has 8 heteroatoms. The van der Waals surface area contributed by atoms with Crippen molar-refractivity contribution in [3.8, 4) is 0 Å². The maximum atomic E-state index is 13.2. The lowest BCUT2D eigenvalue weighted by Crippen LogP contribution is -2.61. The predicted molar refractivity (Wildman–Crippen MR) is 70.5 cm³/mol. The lowest BCUT2D eigenvalue weighted by molar-refractivity contribution is -0.196. The third kappa shape index (κ3) is 2.49. The number of aromatic nitrogens is 1. The summed E-state index contributed by atoms with van der Waals surface area (Å²) in [6, 6.07) is 2.96. The number of halogens is 4. The van der Waals surface area contributed by atoms with Gasteiger partial charge in [0.05, 0.1) is 0 Å². The molecule has 2 N–H and O–H groups in total. The highest BCUT2D eigenvalue weighted by Gasteiger charge is 2.60. The molecule has 0 aliphatic carbocycles. The highest BCUT2D eigenvalue weighted by molar-refractivity contribution is 6.31. The monoisotopic (exact) mass is 318 g/mol. The Labute approximate surface area is 122 Å². The van der Waals surface area contributed by atoms with E-state index >= 15 is 0 Å². The summed E-state index contributed by atoms with van der Waals surface area (Å²) in [5.41, 5.74) is -2.58. The minimum atomic E-state index is -5.02. The number of allylic oxidation sites excluding steroid dienone is 2. The van der Waals surface area contributed by atoms with Gasteiger partial charge in [0, 0.05) is 17.5 Å². The largest absolute Gasteiger partial charge is 0.479 e. The van der Waals surface area contributed by atoms with Crippen molar-refractivity contribution in [3.63, 3.8) is 0 Å². The lowest BCUT2D eigenvalue weighted by atomic mass is 9.91. The standard InChI is InChI=1S/C13H10ClF3N2O2/c1-7-4-5-12(11(20)21,13(15,16)17)19-9(7)8-3-2-6-18-10(8)14/h2-6,19H,1H3,(H,20,21). The second-order valence-corrected chi connectivity index (χ2v) is 4.83. The van der Waals surface area contributed by atoms with Crippen molar-refractivity contribution in [3.05, 3.63) is 46.8 Å². The van der Waals surface area contributed by atoms with Crippen molar-refractivity contribution >= 4 is 23.3 Å². The van der Waals surface area contributed by atoms with Crippen molar-refractivity contribution < 1.29 is 23.1 Å². The van der Waals surface area contributed by atoms with Gasteiger partial charge < -0.3 is 10.4 Å². The summed E-state index contributed by atoms with van der Waals surface area (Å²) in [4.78, 5) is 15.0. The van der Waals surface area contributed by atoms with E-state index in [0.717, 1.165) is 6.08 Å². The Balaban J connectivity index is 2.57. The fraction of sp³-hybridized carbons (Fsp3) is 0.231. The molecule has 0 saturated heterocycles. The molecular formula is C13H10ClF3N2O2. The van der Waals surface area contributed by atoms with Crippen LogP contribution >= 0.6 is 11.6 Å². The number of nitrogens with zero attached hydrogens (tertiary/aromatic N) is 1. The summed E-state index contributed by atoms with van der Waals surface area (Å²) in [5.74, 6) is -2.05. The number of aliphatic carboxylic acids is 1. The third-order valence-corrected chi connectivity index (χ3v) is 3.41. The number of carboxylic acid groups (broad SMARTS) is 1. The Hall–Kier alpha value is -2.02. The number of carboxylic acids is 1. The number of hydrogen-bond acceptors (Lipinski definition) is 3. The molecule has 2 rings (SSSR count). The van der Waals surface area contributed by atoms with Crippen LogP contribution in [0.3, 0.4) is 0 Å². The molecule has 0 saturated carbocycles. The highest BCUT2D eigenvalue weighted by atomic mass is 35.5. The van der Waals surface area contributed by atoms with Crippen LogP contribution in [-0.2, 0) is 4.79 Å². The van der Waals surface area contributed by atoms with E-state index in [9.17, 15) is 18.0 Å². The zero-order chi connectivity index (χ0) is 15.8. The van der Waals surface area contributed by atoms with Crippen molar-refractivity contribution in [1.29, 1.82) is 0 Å². The summed E-state index contributed by atoms with van der Waals surface area (Å²) < 4.78 is 39.6. The quantitative estimate of drug-likeness (QED) is 0.823. The zero-order valence-electron chi connectivity index (χ0n) is 10.7. The molecule has 0 radical (unpaired) electrons. The van der Waals surface area contributed by atoms with Gasteiger partial charge in [0.15, 0.2) is 0 Å². The van der Waals surface area contributed by atoms with Crippen LogP contribution in [0.15, 0.2) is 36.1 Å². The molecule has 0 amide bonds. The second-order valence-electron chi connectivity index (χ2n) is 4.47. The van der Waals surface area contributed by atoms with Gasteiger partial charge in [0.1, 0.15) is 5.15 Å². The number of dihydropyridines is 1. The Morgan fingerprint density at radius 1 is 1.48 bits per heavy atom. The average molecular weight is 319 g/mol. The molecule has 1 unspecified atom stereocenters. The minimum absolute atomic E-state index is 0.0175. The maximum Gasteiger partial charge on any atom is 0.426 e. The van der Waals surface area contributed by atoms with E-state index in [0.29, 0.717) is 11.6 Å². The van der Waals surface area contributed by atoms with Crippen molar-refractivity contribution in [2.75, 3.05) is 0 Å². The molecule has 2 heterocycles. The Morgan fingerprint density at radius 3 is 2.67 bits per heavy atom. The van der Waals surface area contributed by atoms with Gasteiger partial charge in [-0.3, -0.25) is 0 Å². The summed E-state index contributed by atoms with van der Waals surface area (Å²) in [7, 11) is 0.